The van der Waals surface area contributed by atoms with Gasteiger partial charge in [-0.3, -0.25) is 0 Å². The first-order valence-electron chi connectivity index (χ1n) is 8.64. The molecule has 130 valence electrons. The first-order valence-corrected chi connectivity index (χ1v) is 9.62. The van der Waals surface area contributed by atoms with Gasteiger partial charge >= 0.3 is 0 Å². The first-order chi connectivity index (χ1) is 12.8. The molecule has 0 saturated carbocycles. The molecule has 26 heavy (non-hydrogen) atoms. The van der Waals surface area contributed by atoms with Crippen molar-refractivity contribution in [3.8, 4) is 0 Å². The van der Waals surface area contributed by atoms with Gasteiger partial charge in [-0.15, -0.1) is 0 Å². The number of aliphatic hydroxyl groups is 1. The number of fused-ring (bicyclic) bond motifs is 1. The fraction of sp³-hybridized carbons (Fsp3) is 0.136. The summed E-state index contributed by atoms with van der Waals surface area (Å²) in [7, 11) is 0. The molecule has 0 unspecified atom stereocenters. The summed E-state index contributed by atoms with van der Waals surface area (Å²) < 4.78 is 2.12. The Labute approximate surface area is 157 Å². The first kappa shape index (κ1) is 16.9. The van der Waals surface area contributed by atoms with Crippen LogP contribution in [0.1, 0.15) is 16.8 Å². The van der Waals surface area contributed by atoms with Crippen LogP contribution in [0.4, 0.5) is 0 Å². The molecule has 0 aliphatic heterocycles. The zero-order valence-corrected chi connectivity index (χ0v) is 15.2. The normalized spacial score (nSPS) is 11.1. The Balaban J connectivity index is 1.58. The van der Waals surface area contributed by atoms with E-state index in [1.807, 2.05) is 24.4 Å². The predicted molar refractivity (Wildman–Crippen MR) is 107 cm³/mol. The van der Waals surface area contributed by atoms with E-state index in [0.717, 1.165) is 17.5 Å². The molecule has 3 aromatic carbocycles. The lowest BCUT2D eigenvalue weighted by atomic mass is 10.1. The molecule has 4 heteroatoms. The summed E-state index contributed by atoms with van der Waals surface area (Å²) in [4.78, 5) is 4.60. The van der Waals surface area contributed by atoms with Gasteiger partial charge in [0.1, 0.15) is 0 Å². The molecule has 1 N–H and O–H groups in total. The molecule has 0 amide bonds. The highest BCUT2D eigenvalue weighted by molar-refractivity contribution is 7.98. The van der Waals surface area contributed by atoms with Crippen LogP contribution in [0.15, 0.2) is 84.1 Å². The summed E-state index contributed by atoms with van der Waals surface area (Å²) in [6.07, 6.45) is 1.94. The van der Waals surface area contributed by atoms with Crippen LogP contribution in [0.5, 0.6) is 0 Å². The zero-order chi connectivity index (χ0) is 17.8. The number of benzene rings is 3. The maximum atomic E-state index is 9.48. The van der Waals surface area contributed by atoms with Gasteiger partial charge in [-0.05, 0) is 21.9 Å². The van der Waals surface area contributed by atoms with Crippen molar-refractivity contribution >= 4 is 22.5 Å². The molecule has 4 aromatic rings. The lowest BCUT2D eigenvalue weighted by Gasteiger charge is -2.09. The van der Waals surface area contributed by atoms with Crippen molar-refractivity contribution < 1.29 is 5.11 Å². The minimum Gasteiger partial charge on any atom is -0.390 e. The number of rotatable bonds is 6. The van der Waals surface area contributed by atoms with Crippen LogP contribution in [-0.4, -0.2) is 14.7 Å². The minimum atomic E-state index is -0.0381. The Bertz CT molecular complexity index is 1010. The van der Waals surface area contributed by atoms with E-state index in [1.165, 1.54) is 21.9 Å². The van der Waals surface area contributed by atoms with Crippen molar-refractivity contribution in [2.24, 2.45) is 0 Å². The number of hydrogen-bond acceptors (Lipinski definition) is 3. The van der Waals surface area contributed by atoms with Gasteiger partial charge in [0.2, 0.25) is 0 Å². The second kappa shape index (κ2) is 7.77. The third-order valence-corrected chi connectivity index (χ3v) is 5.42. The number of nitrogens with zero attached hydrogens (tertiary/aromatic N) is 2. The van der Waals surface area contributed by atoms with E-state index >= 15 is 0 Å². The van der Waals surface area contributed by atoms with Crippen molar-refractivity contribution in [1.82, 2.24) is 9.55 Å². The van der Waals surface area contributed by atoms with Crippen LogP contribution in [-0.2, 0) is 18.9 Å². The fourth-order valence-corrected chi connectivity index (χ4v) is 4.10. The number of aromatic nitrogens is 2. The second-order valence-electron chi connectivity index (χ2n) is 6.21. The molecule has 0 saturated heterocycles. The second-order valence-corrected chi connectivity index (χ2v) is 7.16. The van der Waals surface area contributed by atoms with Crippen molar-refractivity contribution in [2.45, 2.75) is 24.1 Å². The summed E-state index contributed by atoms with van der Waals surface area (Å²) in [5.41, 5.74) is 3.23. The molecular weight excluding hydrogens is 340 g/mol. The largest absolute Gasteiger partial charge is 0.390 e. The summed E-state index contributed by atoms with van der Waals surface area (Å²) >= 11 is 1.71. The van der Waals surface area contributed by atoms with Gasteiger partial charge < -0.3 is 9.67 Å². The third kappa shape index (κ3) is 3.66. The Morgan fingerprint density at radius 1 is 0.885 bits per heavy atom. The van der Waals surface area contributed by atoms with Gasteiger partial charge in [0.15, 0.2) is 5.16 Å². The van der Waals surface area contributed by atoms with Crippen LogP contribution in [0.25, 0.3) is 10.8 Å². The van der Waals surface area contributed by atoms with Gasteiger partial charge in [-0.25, -0.2) is 4.98 Å². The SMILES string of the molecule is OCc1cn(Cc2ccccc2)c(SCc2cccc3ccccc23)n1. The number of thioether (sulfide) groups is 1. The highest BCUT2D eigenvalue weighted by atomic mass is 32.2. The molecule has 0 atom stereocenters. The quantitative estimate of drug-likeness (QED) is 0.499. The Morgan fingerprint density at radius 2 is 1.65 bits per heavy atom. The minimum absolute atomic E-state index is 0.0381. The van der Waals surface area contributed by atoms with Crippen molar-refractivity contribution in [1.29, 1.82) is 0 Å². The van der Waals surface area contributed by atoms with Gasteiger partial charge in [0, 0.05) is 18.5 Å². The van der Waals surface area contributed by atoms with Gasteiger partial charge in [-0.2, -0.15) is 0 Å². The average Bonchev–Trinajstić information content (AvgIpc) is 3.09. The Hall–Kier alpha value is -2.56. The van der Waals surface area contributed by atoms with Crippen molar-refractivity contribution in [2.75, 3.05) is 0 Å². The maximum Gasteiger partial charge on any atom is 0.168 e. The van der Waals surface area contributed by atoms with Crippen LogP contribution >= 0.6 is 11.8 Å². The molecule has 1 heterocycles. The van der Waals surface area contributed by atoms with Crippen LogP contribution in [0.2, 0.25) is 0 Å². The van der Waals surface area contributed by atoms with E-state index in [2.05, 4.69) is 64.1 Å². The predicted octanol–water partition coefficient (Wildman–Crippen LogP) is 4.87. The number of aliphatic hydroxyl groups excluding tert-OH is 1. The molecule has 4 rings (SSSR count). The average molecular weight is 360 g/mol. The molecule has 0 fully saturated rings. The van der Waals surface area contributed by atoms with Gasteiger partial charge in [-0.1, -0.05) is 84.6 Å². The van der Waals surface area contributed by atoms with Crippen molar-refractivity contribution in [3.05, 3.63) is 95.8 Å². The van der Waals surface area contributed by atoms with E-state index in [9.17, 15) is 5.11 Å². The van der Waals surface area contributed by atoms with E-state index < -0.39 is 0 Å². The van der Waals surface area contributed by atoms with E-state index in [1.54, 1.807) is 11.8 Å². The number of hydrogen-bond donors (Lipinski definition) is 1. The highest BCUT2D eigenvalue weighted by Gasteiger charge is 2.10. The van der Waals surface area contributed by atoms with Crippen LogP contribution in [0.3, 0.4) is 0 Å². The van der Waals surface area contributed by atoms with E-state index in [0.29, 0.717) is 5.69 Å². The standard InChI is InChI=1S/C22H20N2OS/c25-15-20-14-24(13-17-7-2-1-3-8-17)22(23-20)26-16-19-11-6-10-18-9-4-5-12-21(18)19/h1-12,14,25H,13,15-16H2. The van der Waals surface area contributed by atoms with Crippen molar-refractivity contribution in [3.63, 3.8) is 0 Å². The van der Waals surface area contributed by atoms with Gasteiger partial charge in [0.05, 0.1) is 12.3 Å². The van der Waals surface area contributed by atoms with E-state index in [-0.39, 0.29) is 6.61 Å². The summed E-state index contributed by atoms with van der Waals surface area (Å²) in [6, 6.07) is 25.2. The molecule has 3 nitrogen and oxygen atoms in total. The monoisotopic (exact) mass is 360 g/mol. The van der Waals surface area contributed by atoms with E-state index in [4.69, 9.17) is 0 Å². The molecule has 0 radical (unpaired) electrons. The van der Waals surface area contributed by atoms with Crippen LogP contribution < -0.4 is 0 Å². The highest BCUT2D eigenvalue weighted by Crippen LogP contribution is 2.27. The Kier molecular flexibility index (Phi) is 5.04. The summed E-state index contributed by atoms with van der Waals surface area (Å²) in [5.74, 6) is 0.845. The molecular formula is C22H20N2OS. The fourth-order valence-electron chi connectivity index (χ4n) is 3.10. The number of imidazole rings is 1. The summed E-state index contributed by atoms with van der Waals surface area (Å²) in [6.45, 7) is 0.718. The molecule has 0 aliphatic rings. The lowest BCUT2D eigenvalue weighted by Crippen LogP contribution is -2.00. The molecule has 0 aliphatic carbocycles. The molecule has 0 spiro atoms. The Morgan fingerprint density at radius 3 is 2.50 bits per heavy atom. The smallest absolute Gasteiger partial charge is 0.168 e. The topological polar surface area (TPSA) is 38.0 Å². The van der Waals surface area contributed by atoms with Gasteiger partial charge in [0.25, 0.3) is 0 Å². The zero-order valence-electron chi connectivity index (χ0n) is 14.4. The molecule has 1 aromatic heterocycles. The molecule has 0 bridgehead atoms. The third-order valence-electron chi connectivity index (χ3n) is 4.38. The maximum absolute atomic E-state index is 9.48. The lowest BCUT2D eigenvalue weighted by molar-refractivity contribution is 0.277. The summed E-state index contributed by atoms with van der Waals surface area (Å²) in [5, 5.41) is 13.0. The van der Waals surface area contributed by atoms with Crippen LogP contribution in [0, 0.1) is 0 Å².